The number of anilines is 2. The van der Waals surface area contributed by atoms with Gasteiger partial charge < -0.3 is 15.0 Å². The van der Waals surface area contributed by atoms with Crippen molar-refractivity contribution in [1.29, 1.82) is 0 Å². The second-order valence-electron chi connectivity index (χ2n) is 6.98. The maximum atomic E-state index is 13.2. The number of ether oxygens (including phenoxy) is 1. The zero-order chi connectivity index (χ0) is 20.4. The van der Waals surface area contributed by atoms with Gasteiger partial charge in [-0.15, -0.1) is 11.3 Å². The molecule has 3 heterocycles. The average molecular weight is 410 g/mol. The molecule has 7 nitrogen and oxygen atoms in total. The van der Waals surface area contributed by atoms with Gasteiger partial charge in [0.2, 0.25) is 0 Å². The van der Waals surface area contributed by atoms with E-state index in [-0.39, 0.29) is 5.91 Å². The number of nitrogens with one attached hydrogen (secondary N) is 1. The number of aromatic nitrogens is 2. The summed E-state index contributed by atoms with van der Waals surface area (Å²) < 4.78 is 4.76. The Morgan fingerprint density at radius 3 is 2.72 bits per heavy atom. The molecule has 1 aliphatic heterocycles. The van der Waals surface area contributed by atoms with E-state index in [2.05, 4.69) is 20.2 Å². The minimum absolute atomic E-state index is 0.233. The molecule has 0 radical (unpaired) electrons. The summed E-state index contributed by atoms with van der Waals surface area (Å²) in [7, 11) is 1.33. The van der Waals surface area contributed by atoms with Crippen LogP contribution in [0.3, 0.4) is 0 Å². The number of esters is 1. The molecule has 1 saturated heterocycles. The Hall–Kier alpha value is -3.00. The van der Waals surface area contributed by atoms with E-state index in [4.69, 9.17) is 4.74 Å². The maximum absolute atomic E-state index is 13.2. The molecule has 0 aliphatic carbocycles. The fourth-order valence-corrected chi connectivity index (χ4v) is 4.67. The summed E-state index contributed by atoms with van der Waals surface area (Å²) >= 11 is 1.49. The number of amides is 1. The highest BCUT2D eigenvalue weighted by Gasteiger charge is 2.24. The van der Waals surface area contributed by atoms with Crippen LogP contribution in [0.2, 0.25) is 0 Å². The summed E-state index contributed by atoms with van der Waals surface area (Å²) in [5.41, 5.74) is 1.51. The number of carbonyl (C=O) groups is 2. The molecular formula is C21H22N4O3S. The number of benzene rings is 1. The van der Waals surface area contributed by atoms with Crippen LogP contribution < -0.4 is 10.2 Å². The zero-order valence-corrected chi connectivity index (χ0v) is 17.2. The van der Waals surface area contributed by atoms with E-state index in [9.17, 15) is 9.59 Å². The number of rotatable bonds is 4. The number of hydrogen-bond donors (Lipinski definition) is 1. The van der Waals surface area contributed by atoms with Gasteiger partial charge in [-0.3, -0.25) is 4.79 Å². The molecule has 1 N–H and O–H groups in total. The number of methoxy groups -OCH3 is 1. The Balaban J connectivity index is 1.71. The van der Waals surface area contributed by atoms with Crippen LogP contribution in [0.15, 0.2) is 30.6 Å². The SMILES string of the molecule is COC(=O)c1cccc(NC(=O)c2c(C)sc3ncnc(N4CCCCC4)c23)c1. The molecule has 150 valence electrons. The minimum Gasteiger partial charge on any atom is -0.465 e. The van der Waals surface area contributed by atoms with Gasteiger partial charge in [-0.2, -0.15) is 0 Å². The number of piperidine rings is 1. The molecule has 29 heavy (non-hydrogen) atoms. The van der Waals surface area contributed by atoms with E-state index in [1.807, 2.05) is 6.92 Å². The van der Waals surface area contributed by atoms with E-state index in [0.717, 1.165) is 46.8 Å². The Morgan fingerprint density at radius 1 is 1.17 bits per heavy atom. The number of nitrogens with zero attached hydrogens (tertiary/aromatic N) is 3. The molecule has 1 aromatic carbocycles. The van der Waals surface area contributed by atoms with E-state index < -0.39 is 5.97 Å². The average Bonchev–Trinajstić information content (AvgIpc) is 3.09. The fraction of sp³-hybridized carbons (Fsp3) is 0.333. The lowest BCUT2D eigenvalue weighted by atomic mass is 10.1. The number of fused-ring (bicyclic) bond motifs is 1. The van der Waals surface area contributed by atoms with Gasteiger partial charge in [0.15, 0.2) is 0 Å². The van der Waals surface area contributed by atoms with Crippen molar-refractivity contribution in [3.63, 3.8) is 0 Å². The van der Waals surface area contributed by atoms with Gasteiger partial charge >= 0.3 is 5.97 Å². The highest BCUT2D eigenvalue weighted by molar-refractivity contribution is 7.19. The molecule has 8 heteroatoms. The van der Waals surface area contributed by atoms with E-state index in [0.29, 0.717) is 16.8 Å². The first-order chi connectivity index (χ1) is 14.1. The topological polar surface area (TPSA) is 84.4 Å². The molecule has 2 aromatic heterocycles. The first kappa shape index (κ1) is 19.3. The highest BCUT2D eigenvalue weighted by atomic mass is 32.1. The quantitative estimate of drug-likeness (QED) is 0.654. The van der Waals surface area contributed by atoms with Gasteiger partial charge in [0.1, 0.15) is 17.0 Å². The maximum Gasteiger partial charge on any atom is 0.337 e. The molecule has 1 aliphatic rings. The van der Waals surface area contributed by atoms with Crippen LogP contribution in [0, 0.1) is 6.92 Å². The lowest BCUT2D eigenvalue weighted by Crippen LogP contribution is -2.30. The monoisotopic (exact) mass is 410 g/mol. The zero-order valence-electron chi connectivity index (χ0n) is 16.4. The third kappa shape index (κ3) is 3.80. The number of carbonyl (C=O) groups excluding carboxylic acids is 2. The molecule has 0 saturated carbocycles. The number of thiophene rings is 1. The Bertz CT molecular complexity index is 1070. The van der Waals surface area contributed by atoms with Crippen molar-refractivity contribution < 1.29 is 14.3 Å². The summed E-state index contributed by atoms with van der Waals surface area (Å²) in [6.07, 6.45) is 5.04. The Morgan fingerprint density at radius 2 is 1.97 bits per heavy atom. The van der Waals surface area contributed by atoms with Crippen molar-refractivity contribution in [2.75, 3.05) is 30.4 Å². The summed E-state index contributed by atoms with van der Waals surface area (Å²) in [5, 5.41) is 3.72. The van der Waals surface area contributed by atoms with Crippen molar-refractivity contribution >= 4 is 44.9 Å². The lowest BCUT2D eigenvalue weighted by molar-refractivity contribution is 0.0600. The van der Waals surface area contributed by atoms with Crippen LogP contribution in [-0.4, -0.2) is 42.0 Å². The second-order valence-corrected chi connectivity index (χ2v) is 8.19. The van der Waals surface area contributed by atoms with E-state index in [1.54, 1.807) is 30.6 Å². The lowest BCUT2D eigenvalue weighted by Gasteiger charge is -2.28. The number of aryl methyl sites for hydroxylation is 1. The molecular weight excluding hydrogens is 388 g/mol. The summed E-state index contributed by atoms with van der Waals surface area (Å²) in [4.78, 5) is 37.8. The van der Waals surface area contributed by atoms with Crippen LogP contribution in [0.4, 0.5) is 11.5 Å². The second kappa shape index (κ2) is 8.16. The molecule has 4 rings (SSSR count). The smallest absolute Gasteiger partial charge is 0.337 e. The number of hydrogen-bond acceptors (Lipinski definition) is 7. The predicted octanol–water partition coefficient (Wildman–Crippen LogP) is 4.03. The van der Waals surface area contributed by atoms with Gasteiger partial charge in [0.05, 0.1) is 23.6 Å². The molecule has 1 fully saturated rings. The predicted molar refractivity (Wildman–Crippen MR) is 114 cm³/mol. The summed E-state index contributed by atoms with van der Waals surface area (Å²) in [6.45, 7) is 3.79. The van der Waals surface area contributed by atoms with Crippen LogP contribution in [0.5, 0.6) is 0 Å². The molecule has 1 amide bonds. The van der Waals surface area contributed by atoms with Crippen LogP contribution >= 0.6 is 11.3 Å². The van der Waals surface area contributed by atoms with Gasteiger partial charge in [-0.25, -0.2) is 14.8 Å². The van der Waals surface area contributed by atoms with Crippen LogP contribution in [0.25, 0.3) is 10.2 Å². The Labute approximate surface area is 172 Å². The Kier molecular flexibility index (Phi) is 5.44. The van der Waals surface area contributed by atoms with Crippen molar-refractivity contribution in [1.82, 2.24) is 9.97 Å². The first-order valence-corrected chi connectivity index (χ1v) is 10.4. The largest absolute Gasteiger partial charge is 0.465 e. The minimum atomic E-state index is -0.445. The van der Waals surface area contributed by atoms with Crippen LogP contribution in [-0.2, 0) is 4.74 Å². The normalized spacial score (nSPS) is 14.1. The van der Waals surface area contributed by atoms with Crippen molar-refractivity contribution in [2.24, 2.45) is 0 Å². The van der Waals surface area contributed by atoms with Crippen molar-refractivity contribution in [3.8, 4) is 0 Å². The third-order valence-electron chi connectivity index (χ3n) is 5.07. The molecule has 0 spiro atoms. The van der Waals surface area contributed by atoms with Gasteiger partial charge in [-0.1, -0.05) is 6.07 Å². The van der Waals surface area contributed by atoms with Crippen molar-refractivity contribution in [2.45, 2.75) is 26.2 Å². The molecule has 0 bridgehead atoms. The van der Waals surface area contributed by atoms with Crippen molar-refractivity contribution in [3.05, 3.63) is 46.6 Å². The van der Waals surface area contributed by atoms with Crippen LogP contribution in [0.1, 0.15) is 44.9 Å². The van der Waals surface area contributed by atoms with E-state index in [1.165, 1.54) is 24.9 Å². The standard InChI is InChI=1S/C21H22N4O3S/c1-13-16(19(26)24-15-8-6-7-14(11-15)21(27)28-2)17-18(22-12-23-20(17)29-13)25-9-4-3-5-10-25/h6-8,11-12H,3-5,9-10H2,1-2H3,(H,24,26). The molecule has 3 aromatic rings. The third-order valence-corrected chi connectivity index (χ3v) is 6.08. The van der Waals surface area contributed by atoms with Gasteiger partial charge in [0.25, 0.3) is 5.91 Å². The van der Waals surface area contributed by atoms with Gasteiger partial charge in [-0.05, 0) is 44.4 Å². The van der Waals surface area contributed by atoms with Gasteiger partial charge in [0, 0.05) is 23.7 Å². The summed E-state index contributed by atoms with van der Waals surface area (Å²) in [5.74, 6) is 0.149. The van der Waals surface area contributed by atoms with E-state index >= 15 is 0 Å². The highest BCUT2D eigenvalue weighted by Crippen LogP contribution is 2.36. The molecule has 0 atom stereocenters. The molecule has 0 unspecified atom stereocenters. The first-order valence-electron chi connectivity index (χ1n) is 9.57. The summed E-state index contributed by atoms with van der Waals surface area (Å²) in [6, 6.07) is 6.71. The fourth-order valence-electron chi connectivity index (χ4n) is 3.68.